The predicted molar refractivity (Wildman–Crippen MR) is 112 cm³/mol. The van der Waals surface area contributed by atoms with E-state index >= 15 is 0 Å². The third-order valence-electron chi connectivity index (χ3n) is 5.96. The van der Waals surface area contributed by atoms with Gasteiger partial charge in [-0.15, -0.1) is 0 Å². The van der Waals surface area contributed by atoms with E-state index in [2.05, 4.69) is 31.1 Å². The first-order valence-electron chi connectivity index (χ1n) is 9.76. The van der Waals surface area contributed by atoms with Crippen molar-refractivity contribution in [2.45, 2.75) is 40.0 Å². The largest absolute Gasteiger partial charge is 0.358 e. The van der Waals surface area contributed by atoms with Gasteiger partial charge in [0.1, 0.15) is 0 Å². The summed E-state index contributed by atoms with van der Waals surface area (Å²) >= 11 is 0. The minimum absolute atomic E-state index is 0.0738. The number of rotatable bonds is 2. The molecular formula is C23H27N3O2. The molecule has 0 saturated carbocycles. The van der Waals surface area contributed by atoms with Gasteiger partial charge in [0.15, 0.2) is 0 Å². The fourth-order valence-electron chi connectivity index (χ4n) is 4.21. The zero-order valence-corrected chi connectivity index (χ0v) is 17.2. The van der Waals surface area contributed by atoms with Crippen LogP contribution in [0.1, 0.15) is 58.7 Å². The summed E-state index contributed by atoms with van der Waals surface area (Å²) in [6.07, 6.45) is 5.19. The quantitative estimate of drug-likeness (QED) is 0.776. The molecule has 1 aliphatic carbocycles. The van der Waals surface area contributed by atoms with Crippen LogP contribution in [0.2, 0.25) is 0 Å². The van der Waals surface area contributed by atoms with Gasteiger partial charge in [-0.05, 0) is 67.0 Å². The van der Waals surface area contributed by atoms with Crippen molar-refractivity contribution in [1.82, 2.24) is 9.88 Å². The lowest BCUT2D eigenvalue weighted by atomic mass is 9.76. The van der Waals surface area contributed by atoms with Crippen molar-refractivity contribution < 1.29 is 9.59 Å². The fourth-order valence-corrected chi connectivity index (χ4v) is 4.21. The number of hydrogen-bond acceptors (Lipinski definition) is 2. The number of nitrogens with one attached hydrogen (secondary N) is 2. The smallest absolute Gasteiger partial charge is 0.256 e. The van der Waals surface area contributed by atoms with Gasteiger partial charge in [0.2, 0.25) is 0 Å². The first kappa shape index (κ1) is 18.5. The Labute approximate surface area is 165 Å². The highest BCUT2D eigenvalue weighted by atomic mass is 16.2. The third-order valence-corrected chi connectivity index (χ3v) is 5.96. The monoisotopic (exact) mass is 377 g/mol. The molecule has 1 aromatic carbocycles. The average Bonchev–Trinajstić information content (AvgIpc) is 3.10. The molecule has 5 nitrogen and oxygen atoms in total. The Morgan fingerprint density at radius 2 is 2.00 bits per heavy atom. The molecule has 0 radical (unpaired) electrons. The van der Waals surface area contributed by atoms with E-state index < -0.39 is 0 Å². The van der Waals surface area contributed by atoms with Gasteiger partial charge in [-0.25, -0.2) is 0 Å². The van der Waals surface area contributed by atoms with Crippen molar-refractivity contribution in [3.05, 3.63) is 51.8 Å². The Morgan fingerprint density at radius 3 is 2.71 bits per heavy atom. The van der Waals surface area contributed by atoms with Gasteiger partial charge >= 0.3 is 0 Å². The van der Waals surface area contributed by atoms with Crippen molar-refractivity contribution in [3.63, 3.8) is 0 Å². The summed E-state index contributed by atoms with van der Waals surface area (Å²) in [6.45, 7) is 6.75. The van der Waals surface area contributed by atoms with E-state index in [1.165, 1.54) is 16.8 Å². The second-order valence-corrected chi connectivity index (χ2v) is 8.93. The van der Waals surface area contributed by atoms with Crippen molar-refractivity contribution in [2.24, 2.45) is 5.41 Å². The number of amides is 2. The number of aromatic nitrogens is 1. The topological polar surface area (TPSA) is 65.2 Å². The Bertz CT molecular complexity index is 1020. The standard InChI is InChI=1S/C23H27N3O2/c1-13-17-12-23(2,3)9-8-19(17)24-20(13)11-16-15-10-14(22(28)26(4)5)6-7-18(15)25-21(16)27/h6-7,10-11,24H,8-9,12H2,1-5H3,(H,25,27)/b16-11-. The molecule has 0 saturated heterocycles. The zero-order valence-electron chi connectivity index (χ0n) is 17.2. The second-order valence-electron chi connectivity index (χ2n) is 8.93. The molecule has 0 bridgehead atoms. The van der Waals surface area contributed by atoms with E-state index in [1.807, 2.05) is 12.1 Å². The number of H-pyrrole nitrogens is 1. The molecule has 0 fully saturated rings. The van der Waals surface area contributed by atoms with Gasteiger partial charge in [0.25, 0.3) is 11.8 Å². The van der Waals surface area contributed by atoms with Gasteiger partial charge in [0, 0.05) is 42.3 Å². The first-order chi connectivity index (χ1) is 13.2. The molecule has 0 unspecified atom stereocenters. The molecule has 1 aromatic heterocycles. The minimum atomic E-state index is -0.128. The van der Waals surface area contributed by atoms with Crippen LogP contribution in [0.3, 0.4) is 0 Å². The Hall–Kier alpha value is -2.82. The zero-order chi connectivity index (χ0) is 20.2. The summed E-state index contributed by atoms with van der Waals surface area (Å²) in [5.74, 6) is -0.202. The summed E-state index contributed by atoms with van der Waals surface area (Å²) in [4.78, 5) is 30.0. The van der Waals surface area contributed by atoms with Crippen LogP contribution in [0, 0.1) is 12.3 Å². The average molecular weight is 377 g/mol. The summed E-state index contributed by atoms with van der Waals surface area (Å²) in [7, 11) is 3.45. The molecule has 2 N–H and O–H groups in total. The second kappa shape index (κ2) is 6.36. The Morgan fingerprint density at radius 1 is 1.25 bits per heavy atom. The third kappa shape index (κ3) is 3.05. The van der Waals surface area contributed by atoms with Crippen LogP contribution in [0.15, 0.2) is 18.2 Å². The summed E-state index contributed by atoms with van der Waals surface area (Å²) in [6, 6.07) is 5.37. The van der Waals surface area contributed by atoms with Gasteiger partial charge in [-0.1, -0.05) is 13.8 Å². The summed E-state index contributed by atoms with van der Waals surface area (Å²) in [5, 5.41) is 2.91. The van der Waals surface area contributed by atoms with Crippen molar-refractivity contribution in [2.75, 3.05) is 19.4 Å². The lowest BCUT2D eigenvalue weighted by molar-refractivity contribution is -0.110. The molecule has 2 heterocycles. The number of aromatic amines is 1. The maximum absolute atomic E-state index is 12.6. The molecule has 28 heavy (non-hydrogen) atoms. The van der Waals surface area contributed by atoms with E-state index in [9.17, 15) is 9.59 Å². The molecule has 0 spiro atoms. The maximum Gasteiger partial charge on any atom is 0.256 e. The van der Waals surface area contributed by atoms with Crippen LogP contribution < -0.4 is 5.32 Å². The molecule has 2 aromatic rings. The minimum Gasteiger partial charge on any atom is -0.358 e. The van der Waals surface area contributed by atoms with Gasteiger partial charge in [-0.2, -0.15) is 0 Å². The lowest BCUT2D eigenvalue weighted by Gasteiger charge is -2.29. The summed E-state index contributed by atoms with van der Waals surface area (Å²) < 4.78 is 0. The first-order valence-corrected chi connectivity index (χ1v) is 9.76. The van der Waals surface area contributed by atoms with Crippen LogP contribution in [-0.2, 0) is 17.6 Å². The normalized spacial score (nSPS) is 18.6. The molecule has 5 heteroatoms. The number of fused-ring (bicyclic) bond motifs is 2. The van der Waals surface area contributed by atoms with Gasteiger partial charge < -0.3 is 15.2 Å². The van der Waals surface area contributed by atoms with Crippen LogP contribution in [0.4, 0.5) is 5.69 Å². The van der Waals surface area contributed by atoms with Crippen LogP contribution in [0.5, 0.6) is 0 Å². The van der Waals surface area contributed by atoms with E-state index in [1.54, 1.807) is 31.1 Å². The van der Waals surface area contributed by atoms with E-state index in [0.29, 0.717) is 16.6 Å². The van der Waals surface area contributed by atoms with Crippen molar-refractivity contribution >= 4 is 29.2 Å². The number of aryl methyl sites for hydroxylation is 1. The van der Waals surface area contributed by atoms with Gasteiger partial charge in [0.05, 0.1) is 5.57 Å². The van der Waals surface area contributed by atoms with E-state index in [4.69, 9.17) is 0 Å². The number of hydrogen-bond donors (Lipinski definition) is 2. The van der Waals surface area contributed by atoms with E-state index in [0.717, 1.165) is 36.2 Å². The number of nitrogens with zero attached hydrogens (tertiary/aromatic N) is 1. The van der Waals surface area contributed by atoms with Crippen LogP contribution >= 0.6 is 0 Å². The Kier molecular flexibility index (Phi) is 4.21. The number of benzene rings is 1. The lowest BCUT2D eigenvalue weighted by Crippen LogP contribution is -2.21. The predicted octanol–water partition coefficient (Wildman–Crippen LogP) is 4.03. The van der Waals surface area contributed by atoms with Crippen molar-refractivity contribution in [3.8, 4) is 0 Å². The maximum atomic E-state index is 12.6. The highest BCUT2D eigenvalue weighted by molar-refractivity contribution is 6.35. The van der Waals surface area contributed by atoms with Crippen LogP contribution in [-0.4, -0.2) is 35.8 Å². The molecule has 146 valence electrons. The number of carbonyl (C=O) groups is 2. The van der Waals surface area contributed by atoms with Crippen LogP contribution in [0.25, 0.3) is 11.6 Å². The van der Waals surface area contributed by atoms with Gasteiger partial charge in [-0.3, -0.25) is 9.59 Å². The summed E-state index contributed by atoms with van der Waals surface area (Å²) in [5.41, 5.74) is 7.91. The molecule has 2 aliphatic rings. The molecule has 0 atom stereocenters. The number of anilines is 1. The SMILES string of the molecule is Cc1c(/C=C2\C(=O)Nc3ccc(C(=O)N(C)C)cc32)[nH]c2c1CC(C)(C)CC2. The molecule has 4 rings (SSSR count). The highest BCUT2D eigenvalue weighted by Crippen LogP contribution is 2.39. The van der Waals surface area contributed by atoms with E-state index in [-0.39, 0.29) is 11.8 Å². The fraction of sp³-hybridized carbons (Fsp3) is 0.391. The highest BCUT2D eigenvalue weighted by Gasteiger charge is 2.30. The molecular weight excluding hydrogens is 350 g/mol. The Balaban J connectivity index is 1.77. The molecule has 2 amide bonds. The van der Waals surface area contributed by atoms with Crippen molar-refractivity contribution in [1.29, 1.82) is 0 Å². The molecule has 1 aliphatic heterocycles. The number of carbonyl (C=O) groups excluding carboxylic acids is 2.